The van der Waals surface area contributed by atoms with Gasteiger partial charge in [-0.15, -0.1) is 0 Å². The number of hydrogen-bond donors (Lipinski definition) is 2. The van der Waals surface area contributed by atoms with Crippen molar-refractivity contribution in [3.05, 3.63) is 28.8 Å². The van der Waals surface area contributed by atoms with Gasteiger partial charge in [0, 0.05) is 23.8 Å². The standard InChI is InChI=1S/C21H27ClN4O2/c22-16-7-8-17(20(28)26-11-5-6-12-26)18(13-16)24-14-19(27)25-21(15-23)9-3-1-2-4-10-21/h7-8,13,24H,1-6,9-12,14H2,(H,25,27). The molecule has 6 nitrogen and oxygen atoms in total. The number of benzene rings is 1. The Morgan fingerprint density at radius 2 is 1.79 bits per heavy atom. The number of nitriles is 1. The summed E-state index contributed by atoms with van der Waals surface area (Å²) in [6.45, 7) is 1.50. The number of hydrogen-bond acceptors (Lipinski definition) is 4. The van der Waals surface area contributed by atoms with Crippen LogP contribution in [-0.4, -0.2) is 41.9 Å². The van der Waals surface area contributed by atoms with Crippen molar-refractivity contribution in [1.82, 2.24) is 10.2 Å². The molecule has 2 aliphatic rings. The molecule has 0 unspecified atom stereocenters. The van der Waals surface area contributed by atoms with Crippen LogP contribution >= 0.6 is 11.6 Å². The Morgan fingerprint density at radius 3 is 2.43 bits per heavy atom. The summed E-state index contributed by atoms with van der Waals surface area (Å²) in [5, 5.41) is 16.1. The molecule has 1 saturated carbocycles. The van der Waals surface area contributed by atoms with Crippen LogP contribution in [-0.2, 0) is 4.79 Å². The lowest BCUT2D eigenvalue weighted by molar-refractivity contribution is -0.120. The van der Waals surface area contributed by atoms with E-state index in [1.165, 1.54) is 0 Å². The van der Waals surface area contributed by atoms with Crippen molar-refractivity contribution in [1.29, 1.82) is 5.26 Å². The zero-order chi connectivity index (χ0) is 20.0. The van der Waals surface area contributed by atoms with Crippen LogP contribution in [0.25, 0.3) is 0 Å². The monoisotopic (exact) mass is 402 g/mol. The summed E-state index contributed by atoms with van der Waals surface area (Å²) >= 11 is 6.11. The van der Waals surface area contributed by atoms with Crippen LogP contribution in [0, 0.1) is 11.3 Å². The Balaban J connectivity index is 1.66. The molecule has 3 rings (SSSR count). The molecule has 1 aromatic carbocycles. The Hall–Kier alpha value is -2.26. The number of rotatable bonds is 5. The van der Waals surface area contributed by atoms with Gasteiger partial charge in [-0.3, -0.25) is 9.59 Å². The minimum absolute atomic E-state index is 0.00987. The Kier molecular flexibility index (Phi) is 6.79. The maximum atomic E-state index is 12.8. The zero-order valence-electron chi connectivity index (χ0n) is 16.1. The first-order valence-corrected chi connectivity index (χ1v) is 10.5. The summed E-state index contributed by atoms with van der Waals surface area (Å²) in [6.07, 6.45) is 7.50. The predicted molar refractivity (Wildman–Crippen MR) is 109 cm³/mol. The number of amides is 2. The van der Waals surface area contributed by atoms with Gasteiger partial charge in [0.2, 0.25) is 5.91 Å². The van der Waals surface area contributed by atoms with Crippen LogP contribution in [0.4, 0.5) is 5.69 Å². The molecule has 0 atom stereocenters. The lowest BCUT2D eigenvalue weighted by atomic mass is 9.92. The number of halogens is 1. The van der Waals surface area contributed by atoms with E-state index in [1.807, 2.05) is 4.90 Å². The lowest BCUT2D eigenvalue weighted by Gasteiger charge is -2.26. The SMILES string of the molecule is N#CC1(NC(=O)CNc2cc(Cl)ccc2C(=O)N2CCCC2)CCCCCC1. The highest BCUT2D eigenvalue weighted by molar-refractivity contribution is 6.31. The van der Waals surface area contributed by atoms with Crippen molar-refractivity contribution in [2.45, 2.75) is 56.9 Å². The fourth-order valence-electron chi connectivity index (χ4n) is 4.02. The summed E-state index contributed by atoms with van der Waals surface area (Å²) < 4.78 is 0. The fourth-order valence-corrected chi connectivity index (χ4v) is 4.20. The minimum Gasteiger partial charge on any atom is -0.375 e. The second kappa shape index (κ2) is 9.29. The molecule has 0 spiro atoms. The van der Waals surface area contributed by atoms with Crippen molar-refractivity contribution in [2.24, 2.45) is 0 Å². The fraction of sp³-hybridized carbons (Fsp3) is 0.571. The molecule has 1 aromatic rings. The second-order valence-corrected chi connectivity index (χ2v) is 8.14. The summed E-state index contributed by atoms with van der Waals surface area (Å²) in [7, 11) is 0. The largest absolute Gasteiger partial charge is 0.375 e. The van der Waals surface area contributed by atoms with E-state index < -0.39 is 5.54 Å². The molecule has 2 amide bonds. The van der Waals surface area contributed by atoms with Gasteiger partial charge in [-0.1, -0.05) is 37.3 Å². The van der Waals surface area contributed by atoms with Crippen molar-refractivity contribution >= 4 is 29.1 Å². The van der Waals surface area contributed by atoms with Crippen molar-refractivity contribution in [2.75, 3.05) is 25.0 Å². The van der Waals surface area contributed by atoms with Gasteiger partial charge in [0.15, 0.2) is 0 Å². The number of carbonyl (C=O) groups is 2. The topological polar surface area (TPSA) is 85.2 Å². The van der Waals surface area contributed by atoms with Gasteiger partial charge in [0.1, 0.15) is 5.54 Å². The second-order valence-electron chi connectivity index (χ2n) is 7.70. The van der Waals surface area contributed by atoms with E-state index >= 15 is 0 Å². The van der Waals surface area contributed by atoms with Crippen LogP contribution in [0.1, 0.15) is 61.7 Å². The Bertz CT molecular complexity index is 760. The van der Waals surface area contributed by atoms with Gasteiger partial charge in [-0.2, -0.15) is 5.26 Å². The van der Waals surface area contributed by atoms with Gasteiger partial charge in [0.25, 0.3) is 5.91 Å². The van der Waals surface area contributed by atoms with Gasteiger partial charge in [0.05, 0.1) is 18.2 Å². The summed E-state index contributed by atoms with van der Waals surface area (Å²) in [4.78, 5) is 27.1. The molecule has 2 fully saturated rings. The number of carbonyl (C=O) groups excluding carboxylic acids is 2. The smallest absolute Gasteiger partial charge is 0.255 e. The molecule has 1 saturated heterocycles. The van der Waals surface area contributed by atoms with Crippen LogP contribution in [0.5, 0.6) is 0 Å². The first-order valence-electron chi connectivity index (χ1n) is 10.1. The number of nitrogens with zero attached hydrogens (tertiary/aromatic N) is 2. The lowest BCUT2D eigenvalue weighted by Crippen LogP contribution is -2.49. The highest BCUT2D eigenvalue weighted by atomic mass is 35.5. The van der Waals surface area contributed by atoms with E-state index in [2.05, 4.69) is 16.7 Å². The van der Waals surface area contributed by atoms with Crippen molar-refractivity contribution in [3.63, 3.8) is 0 Å². The van der Waals surface area contributed by atoms with Crippen molar-refractivity contribution in [3.8, 4) is 6.07 Å². The minimum atomic E-state index is -0.780. The van der Waals surface area contributed by atoms with Gasteiger partial charge >= 0.3 is 0 Å². The first kappa shape index (κ1) is 20.5. The van der Waals surface area contributed by atoms with E-state index in [0.717, 1.165) is 51.6 Å². The Morgan fingerprint density at radius 1 is 1.11 bits per heavy atom. The molecule has 28 heavy (non-hydrogen) atoms. The molecule has 0 aromatic heterocycles. The molecule has 1 aliphatic carbocycles. The average Bonchev–Trinajstić information content (AvgIpc) is 3.13. The molecule has 150 valence electrons. The molecule has 1 aliphatic heterocycles. The first-order chi connectivity index (χ1) is 13.5. The normalized spacial score (nSPS) is 18.8. The van der Waals surface area contributed by atoms with Crippen molar-refractivity contribution < 1.29 is 9.59 Å². The number of nitrogens with one attached hydrogen (secondary N) is 2. The number of likely N-dealkylation sites (tertiary alicyclic amines) is 1. The third-order valence-corrected chi connectivity index (χ3v) is 5.83. The Labute approximate surface area is 171 Å². The van der Waals surface area contributed by atoms with Gasteiger partial charge in [-0.25, -0.2) is 0 Å². The van der Waals surface area contributed by atoms with Gasteiger partial charge in [-0.05, 0) is 43.9 Å². The third-order valence-electron chi connectivity index (χ3n) is 5.59. The van der Waals surface area contributed by atoms with E-state index in [-0.39, 0.29) is 18.4 Å². The van der Waals surface area contributed by atoms with E-state index in [0.29, 0.717) is 29.1 Å². The molecule has 7 heteroatoms. The van der Waals surface area contributed by atoms with Crippen LogP contribution in [0.15, 0.2) is 18.2 Å². The molecule has 0 radical (unpaired) electrons. The van der Waals surface area contributed by atoms with E-state index in [9.17, 15) is 14.9 Å². The summed E-state index contributed by atoms with van der Waals surface area (Å²) in [5.74, 6) is -0.294. The van der Waals surface area contributed by atoms with Crippen LogP contribution < -0.4 is 10.6 Å². The molecule has 0 bridgehead atoms. The highest BCUT2D eigenvalue weighted by Gasteiger charge is 2.32. The maximum Gasteiger partial charge on any atom is 0.255 e. The van der Waals surface area contributed by atoms with Crippen LogP contribution in [0.2, 0.25) is 5.02 Å². The van der Waals surface area contributed by atoms with E-state index in [1.54, 1.807) is 18.2 Å². The predicted octanol–water partition coefficient (Wildman–Crippen LogP) is 3.72. The summed E-state index contributed by atoms with van der Waals surface area (Å²) in [6, 6.07) is 7.38. The zero-order valence-corrected chi connectivity index (χ0v) is 16.9. The summed E-state index contributed by atoms with van der Waals surface area (Å²) in [5.41, 5.74) is 0.285. The molecule has 1 heterocycles. The molecular weight excluding hydrogens is 376 g/mol. The average molecular weight is 403 g/mol. The van der Waals surface area contributed by atoms with E-state index in [4.69, 9.17) is 11.6 Å². The molecule has 2 N–H and O–H groups in total. The highest BCUT2D eigenvalue weighted by Crippen LogP contribution is 2.27. The third kappa shape index (κ3) is 4.96. The maximum absolute atomic E-state index is 12.8. The molecular formula is C21H27ClN4O2. The number of anilines is 1. The quantitative estimate of drug-likeness (QED) is 0.735. The van der Waals surface area contributed by atoms with Gasteiger partial charge < -0.3 is 15.5 Å². The van der Waals surface area contributed by atoms with Crippen LogP contribution in [0.3, 0.4) is 0 Å².